The third kappa shape index (κ3) is 9.29. The lowest BCUT2D eigenvalue weighted by Crippen LogP contribution is -2.50. The molecular weight excluding hydrogens is 733 g/mol. The number of aromatic nitrogens is 4. The van der Waals surface area contributed by atoms with Gasteiger partial charge in [-0.3, -0.25) is 9.59 Å². The van der Waals surface area contributed by atoms with Crippen molar-refractivity contribution in [3.8, 4) is 0 Å². The Morgan fingerprint density at radius 2 is 1.02 bits per heavy atom. The Balaban J connectivity index is 0.000000164. The number of likely N-dealkylation sites (tertiary alicyclic amines) is 2. The van der Waals surface area contributed by atoms with E-state index in [2.05, 4.69) is 79.1 Å². The first-order valence-electron chi connectivity index (χ1n) is 21.7. The number of nitrogens with zero attached hydrogens (tertiary/aromatic N) is 8. The van der Waals surface area contributed by atoms with E-state index >= 15 is 0 Å². The summed E-state index contributed by atoms with van der Waals surface area (Å²) < 4.78 is 4.29. The van der Waals surface area contributed by atoms with Crippen molar-refractivity contribution in [3.63, 3.8) is 0 Å². The lowest BCUT2D eigenvalue weighted by Gasteiger charge is -2.43. The van der Waals surface area contributed by atoms with Crippen molar-refractivity contribution in [1.82, 2.24) is 38.7 Å². The van der Waals surface area contributed by atoms with E-state index in [4.69, 9.17) is 0 Å². The van der Waals surface area contributed by atoms with Gasteiger partial charge in [-0.15, -0.1) is 0 Å². The van der Waals surface area contributed by atoms with E-state index in [9.17, 15) is 9.59 Å². The lowest BCUT2D eigenvalue weighted by molar-refractivity contribution is 0.0499. The van der Waals surface area contributed by atoms with E-state index in [1.807, 2.05) is 97.2 Å². The van der Waals surface area contributed by atoms with Gasteiger partial charge >= 0.3 is 0 Å². The molecule has 3 aliphatic rings. The molecule has 0 spiro atoms. The minimum atomic E-state index is 0.118. The van der Waals surface area contributed by atoms with Crippen molar-refractivity contribution < 1.29 is 9.59 Å². The summed E-state index contributed by atoms with van der Waals surface area (Å²) in [4.78, 5) is 43.9. The van der Waals surface area contributed by atoms with Crippen molar-refractivity contribution in [2.45, 2.75) is 96.1 Å². The van der Waals surface area contributed by atoms with Gasteiger partial charge in [-0.05, 0) is 112 Å². The molecule has 1 saturated carbocycles. The SMILES string of the molecule is CC(C)N1CCC(N(C)C(=O)c2ccc(Cn3cnc4ccccc43)cc2)CC1.CN(C(=O)c1ccc(Cn2cnc3ccccc32)cc1)C1CCN(C2CCC2)CC1. The number of amides is 2. The van der Waals surface area contributed by atoms with E-state index in [1.165, 1.54) is 24.8 Å². The van der Waals surface area contributed by atoms with Gasteiger partial charge in [-0.25, -0.2) is 9.97 Å². The molecule has 308 valence electrons. The van der Waals surface area contributed by atoms with Crippen molar-refractivity contribution in [1.29, 1.82) is 0 Å². The van der Waals surface area contributed by atoms with E-state index < -0.39 is 0 Å². The fourth-order valence-corrected chi connectivity index (χ4v) is 9.09. The molecule has 10 nitrogen and oxygen atoms in total. The van der Waals surface area contributed by atoms with Gasteiger partial charge in [0.25, 0.3) is 11.8 Å². The maximum atomic E-state index is 13.0. The molecule has 3 fully saturated rings. The zero-order valence-corrected chi connectivity index (χ0v) is 35.3. The molecule has 0 atom stereocenters. The van der Waals surface area contributed by atoms with Gasteiger partial charge in [0.05, 0.1) is 34.7 Å². The molecule has 2 saturated heterocycles. The Morgan fingerprint density at radius 1 is 0.593 bits per heavy atom. The first-order valence-corrected chi connectivity index (χ1v) is 21.7. The standard InChI is InChI=1S/C25H30N4O.C24H30N4O/c1-27(21-13-15-28(16-14-21)22-5-4-6-22)25(30)20-11-9-19(10-12-20)17-29-18-26-23-7-2-3-8-24(23)29;1-18(2)27-14-12-21(13-15-27)26(3)24(29)20-10-8-19(9-11-20)16-28-17-25-22-6-4-5-7-23(22)28/h2-3,7-12,18,21-22H,4-6,13-17H2,1H3;4-11,17-18,21H,12-16H2,1-3H3. The molecule has 6 aromatic rings. The molecule has 0 N–H and O–H groups in total. The molecule has 1 aliphatic carbocycles. The van der Waals surface area contributed by atoms with Gasteiger partial charge in [-0.2, -0.15) is 0 Å². The summed E-state index contributed by atoms with van der Waals surface area (Å²) in [7, 11) is 3.92. The average molecular weight is 793 g/mol. The molecule has 4 heterocycles. The Morgan fingerprint density at radius 3 is 1.42 bits per heavy atom. The van der Waals surface area contributed by atoms with Crippen LogP contribution >= 0.6 is 0 Å². The minimum absolute atomic E-state index is 0.118. The van der Waals surface area contributed by atoms with Crippen LogP contribution in [0.5, 0.6) is 0 Å². The molecule has 4 aromatic carbocycles. The van der Waals surface area contributed by atoms with E-state index in [0.717, 1.165) is 110 Å². The summed E-state index contributed by atoms with van der Waals surface area (Å²) in [6.45, 7) is 10.4. The number of imidazole rings is 2. The predicted octanol–water partition coefficient (Wildman–Crippen LogP) is 8.20. The van der Waals surface area contributed by atoms with Crippen LogP contribution < -0.4 is 0 Å². The van der Waals surface area contributed by atoms with Crippen molar-refractivity contribution in [2.75, 3.05) is 40.3 Å². The molecule has 59 heavy (non-hydrogen) atoms. The Labute approximate surface area is 349 Å². The van der Waals surface area contributed by atoms with Crippen LogP contribution in [0.4, 0.5) is 0 Å². The van der Waals surface area contributed by atoms with Crippen LogP contribution in [0, 0.1) is 0 Å². The molecule has 0 radical (unpaired) electrons. The second-order valence-corrected chi connectivity index (χ2v) is 17.2. The van der Waals surface area contributed by atoms with E-state index in [-0.39, 0.29) is 11.8 Å². The average Bonchev–Trinajstić information content (AvgIpc) is 3.87. The second-order valence-electron chi connectivity index (χ2n) is 17.2. The molecule has 0 unspecified atom stereocenters. The highest BCUT2D eigenvalue weighted by molar-refractivity contribution is 5.95. The molecule has 10 heteroatoms. The lowest BCUT2D eigenvalue weighted by atomic mass is 9.89. The number of piperidine rings is 2. The maximum absolute atomic E-state index is 13.0. The largest absolute Gasteiger partial charge is 0.339 e. The molecule has 0 bridgehead atoms. The van der Waals surface area contributed by atoms with Gasteiger partial charge < -0.3 is 28.7 Å². The van der Waals surface area contributed by atoms with Gasteiger partial charge in [0.1, 0.15) is 0 Å². The van der Waals surface area contributed by atoms with E-state index in [1.54, 1.807) is 0 Å². The van der Waals surface area contributed by atoms with Crippen LogP contribution in [0.3, 0.4) is 0 Å². The second kappa shape index (κ2) is 18.3. The monoisotopic (exact) mass is 792 g/mol. The zero-order chi connectivity index (χ0) is 40.9. The summed E-state index contributed by atoms with van der Waals surface area (Å²) in [5.74, 6) is 0.254. The van der Waals surface area contributed by atoms with Gasteiger partial charge in [0.15, 0.2) is 0 Å². The normalized spacial score (nSPS) is 17.2. The van der Waals surface area contributed by atoms with E-state index in [0.29, 0.717) is 18.1 Å². The summed E-state index contributed by atoms with van der Waals surface area (Å²) in [5.41, 5.74) is 8.14. The van der Waals surface area contributed by atoms with Crippen molar-refractivity contribution >= 4 is 33.9 Å². The number of hydrogen-bond acceptors (Lipinski definition) is 6. The summed E-state index contributed by atoms with van der Waals surface area (Å²) in [6, 6.07) is 34.5. The molecule has 2 amide bonds. The van der Waals surface area contributed by atoms with Crippen LogP contribution in [0.1, 0.15) is 90.6 Å². The first-order chi connectivity index (χ1) is 28.7. The summed E-state index contributed by atoms with van der Waals surface area (Å²) >= 11 is 0. The smallest absolute Gasteiger partial charge is 0.253 e. The van der Waals surface area contributed by atoms with Crippen molar-refractivity contribution in [2.24, 2.45) is 0 Å². The molecule has 9 rings (SSSR count). The number of hydrogen-bond donors (Lipinski definition) is 0. The Bertz CT molecular complexity index is 2310. The number of fused-ring (bicyclic) bond motifs is 2. The highest BCUT2D eigenvalue weighted by Gasteiger charge is 2.31. The molecular formula is C49H60N8O2. The minimum Gasteiger partial charge on any atom is -0.339 e. The highest BCUT2D eigenvalue weighted by atomic mass is 16.2. The predicted molar refractivity (Wildman–Crippen MR) is 237 cm³/mol. The van der Waals surface area contributed by atoms with Crippen LogP contribution in [-0.4, -0.2) is 115 Å². The Hall–Kier alpha value is -5.32. The first kappa shape index (κ1) is 40.5. The third-order valence-corrected chi connectivity index (χ3v) is 13.2. The number of carbonyl (C=O) groups is 2. The van der Waals surface area contributed by atoms with Crippen LogP contribution in [-0.2, 0) is 13.1 Å². The zero-order valence-electron chi connectivity index (χ0n) is 35.3. The fraction of sp³-hybridized carbons (Fsp3) is 0.429. The van der Waals surface area contributed by atoms with Crippen molar-refractivity contribution in [3.05, 3.63) is 132 Å². The topological polar surface area (TPSA) is 82.7 Å². The molecule has 2 aliphatic heterocycles. The van der Waals surface area contributed by atoms with Crippen LogP contribution in [0.25, 0.3) is 22.1 Å². The highest BCUT2D eigenvalue weighted by Crippen LogP contribution is 2.29. The van der Waals surface area contributed by atoms with Gasteiger partial charge in [-0.1, -0.05) is 55.0 Å². The van der Waals surface area contributed by atoms with Gasteiger partial charge in [0.2, 0.25) is 0 Å². The summed E-state index contributed by atoms with van der Waals surface area (Å²) in [5, 5.41) is 0. The number of carbonyl (C=O) groups excluding carboxylic acids is 2. The number of rotatable bonds is 10. The van der Waals surface area contributed by atoms with Crippen LogP contribution in [0.15, 0.2) is 110 Å². The quantitative estimate of drug-likeness (QED) is 0.139. The maximum Gasteiger partial charge on any atom is 0.253 e. The molecule has 2 aromatic heterocycles. The Kier molecular flexibility index (Phi) is 12.6. The third-order valence-electron chi connectivity index (χ3n) is 13.2. The fourth-order valence-electron chi connectivity index (χ4n) is 9.09. The number of benzene rings is 4. The summed E-state index contributed by atoms with van der Waals surface area (Å²) in [6.07, 6.45) is 12.1. The van der Waals surface area contributed by atoms with Gasteiger partial charge in [0, 0.05) is 88.7 Å². The van der Waals surface area contributed by atoms with Crippen LogP contribution in [0.2, 0.25) is 0 Å². The number of para-hydroxylation sites is 4.